The molecule has 0 aliphatic rings. The van der Waals surface area contributed by atoms with Crippen LogP contribution in [0.2, 0.25) is 0 Å². The van der Waals surface area contributed by atoms with Gasteiger partial charge in [0.15, 0.2) is 5.41 Å². The summed E-state index contributed by atoms with van der Waals surface area (Å²) < 4.78 is 11.0. The summed E-state index contributed by atoms with van der Waals surface area (Å²) in [6.45, 7) is 10.1. The third kappa shape index (κ3) is 14.0. The SMILES string of the molecule is CCCCCCCCCCCCCOC(=O)C(C)(C)C(=O)OC(CCC)CCCC. The van der Waals surface area contributed by atoms with Crippen LogP contribution in [0.5, 0.6) is 0 Å². The molecule has 0 aliphatic carbocycles. The molecule has 0 radical (unpaired) electrons. The van der Waals surface area contributed by atoms with Gasteiger partial charge in [0.1, 0.15) is 6.10 Å². The van der Waals surface area contributed by atoms with Crippen LogP contribution < -0.4 is 0 Å². The lowest BCUT2D eigenvalue weighted by Gasteiger charge is -2.25. The highest BCUT2D eigenvalue weighted by molar-refractivity contribution is 5.99. The van der Waals surface area contributed by atoms with Gasteiger partial charge >= 0.3 is 11.9 Å². The van der Waals surface area contributed by atoms with Crippen molar-refractivity contribution in [2.45, 2.75) is 143 Å². The van der Waals surface area contributed by atoms with Gasteiger partial charge in [-0.2, -0.15) is 0 Å². The van der Waals surface area contributed by atoms with Crippen molar-refractivity contribution in [2.24, 2.45) is 5.41 Å². The molecule has 0 spiro atoms. The fraction of sp³-hybridized carbons (Fsp3) is 0.923. The highest BCUT2D eigenvalue weighted by atomic mass is 16.6. The Bertz CT molecular complexity index is 431. The monoisotopic (exact) mass is 426 g/mol. The molecule has 0 aromatic heterocycles. The van der Waals surface area contributed by atoms with E-state index >= 15 is 0 Å². The van der Waals surface area contributed by atoms with Crippen molar-refractivity contribution >= 4 is 11.9 Å². The predicted octanol–water partition coefficient (Wildman–Crippen LogP) is 7.77. The van der Waals surface area contributed by atoms with Crippen molar-refractivity contribution in [1.29, 1.82) is 0 Å². The Hall–Kier alpha value is -1.06. The second kappa shape index (κ2) is 18.7. The number of hydrogen-bond donors (Lipinski definition) is 0. The minimum Gasteiger partial charge on any atom is -0.465 e. The van der Waals surface area contributed by atoms with Gasteiger partial charge in [-0.05, 0) is 33.1 Å². The molecule has 0 saturated carbocycles. The van der Waals surface area contributed by atoms with E-state index in [2.05, 4.69) is 20.8 Å². The Kier molecular flexibility index (Phi) is 18.0. The topological polar surface area (TPSA) is 52.6 Å². The maximum absolute atomic E-state index is 12.6. The van der Waals surface area contributed by atoms with Crippen molar-refractivity contribution in [3.8, 4) is 0 Å². The smallest absolute Gasteiger partial charge is 0.323 e. The molecule has 4 nitrogen and oxygen atoms in total. The van der Waals surface area contributed by atoms with Gasteiger partial charge in [0.05, 0.1) is 6.61 Å². The Morgan fingerprint density at radius 2 is 1.13 bits per heavy atom. The summed E-state index contributed by atoms with van der Waals surface area (Å²) in [7, 11) is 0. The van der Waals surface area contributed by atoms with Crippen molar-refractivity contribution in [3.63, 3.8) is 0 Å². The number of esters is 2. The van der Waals surface area contributed by atoms with Gasteiger partial charge in [0, 0.05) is 0 Å². The van der Waals surface area contributed by atoms with Crippen LogP contribution in [0.25, 0.3) is 0 Å². The standard InChI is InChI=1S/C26H50O4/c1-6-9-11-12-13-14-15-16-17-18-19-22-29-24(27)26(4,5)25(28)30-23(20-8-3)21-10-7-2/h23H,6-22H2,1-5H3. The van der Waals surface area contributed by atoms with Crippen LogP contribution in [-0.4, -0.2) is 24.6 Å². The van der Waals surface area contributed by atoms with Crippen LogP contribution in [0.4, 0.5) is 0 Å². The molecular formula is C26H50O4. The third-order valence-electron chi connectivity index (χ3n) is 5.77. The molecule has 0 aromatic carbocycles. The zero-order valence-electron chi connectivity index (χ0n) is 20.7. The molecule has 1 atom stereocenters. The molecule has 0 N–H and O–H groups in total. The normalized spacial score (nSPS) is 12.6. The van der Waals surface area contributed by atoms with Gasteiger partial charge in [0.2, 0.25) is 0 Å². The van der Waals surface area contributed by atoms with E-state index in [0.717, 1.165) is 44.9 Å². The zero-order valence-corrected chi connectivity index (χ0v) is 20.7. The Balaban J connectivity index is 3.95. The van der Waals surface area contributed by atoms with E-state index in [4.69, 9.17) is 9.47 Å². The average molecular weight is 427 g/mol. The minimum atomic E-state index is -1.24. The van der Waals surface area contributed by atoms with Crippen molar-refractivity contribution in [2.75, 3.05) is 6.61 Å². The first-order valence-electron chi connectivity index (χ1n) is 12.8. The van der Waals surface area contributed by atoms with Crippen LogP contribution in [-0.2, 0) is 19.1 Å². The summed E-state index contributed by atoms with van der Waals surface area (Å²) in [5.41, 5.74) is -1.24. The lowest BCUT2D eigenvalue weighted by Crippen LogP contribution is -2.38. The average Bonchev–Trinajstić information content (AvgIpc) is 2.72. The number of unbranched alkanes of at least 4 members (excludes halogenated alkanes) is 11. The molecule has 178 valence electrons. The maximum atomic E-state index is 12.6. The summed E-state index contributed by atoms with van der Waals surface area (Å²) in [5, 5.41) is 0. The van der Waals surface area contributed by atoms with Gasteiger partial charge in [-0.25, -0.2) is 0 Å². The number of hydrogen-bond acceptors (Lipinski definition) is 4. The molecular weight excluding hydrogens is 376 g/mol. The van der Waals surface area contributed by atoms with Crippen LogP contribution >= 0.6 is 0 Å². The van der Waals surface area contributed by atoms with E-state index in [1.807, 2.05) is 0 Å². The number of carbonyl (C=O) groups is 2. The molecule has 0 bridgehead atoms. The van der Waals surface area contributed by atoms with Crippen LogP contribution in [0.15, 0.2) is 0 Å². The highest BCUT2D eigenvalue weighted by Gasteiger charge is 2.40. The van der Waals surface area contributed by atoms with E-state index in [1.54, 1.807) is 13.8 Å². The molecule has 0 saturated heterocycles. The van der Waals surface area contributed by atoms with Crippen LogP contribution in [0, 0.1) is 5.41 Å². The number of rotatable bonds is 20. The summed E-state index contributed by atoms with van der Waals surface area (Å²) >= 11 is 0. The summed E-state index contributed by atoms with van der Waals surface area (Å²) in [4.78, 5) is 25.0. The molecule has 0 amide bonds. The fourth-order valence-electron chi connectivity index (χ4n) is 3.51. The van der Waals surface area contributed by atoms with E-state index in [9.17, 15) is 9.59 Å². The highest BCUT2D eigenvalue weighted by Crippen LogP contribution is 2.23. The largest absolute Gasteiger partial charge is 0.465 e. The second-order valence-corrected chi connectivity index (χ2v) is 9.25. The van der Waals surface area contributed by atoms with E-state index in [0.29, 0.717) is 6.61 Å². The Labute approximate surface area is 186 Å². The van der Waals surface area contributed by atoms with Crippen molar-refractivity contribution < 1.29 is 19.1 Å². The Morgan fingerprint density at radius 3 is 1.63 bits per heavy atom. The van der Waals surface area contributed by atoms with Crippen molar-refractivity contribution in [3.05, 3.63) is 0 Å². The van der Waals surface area contributed by atoms with Crippen LogP contribution in [0.3, 0.4) is 0 Å². The van der Waals surface area contributed by atoms with E-state index < -0.39 is 17.4 Å². The van der Waals surface area contributed by atoms with E-state index in [1.165, 1.54) is 57.8 Å². The quantitative estimate of drug-likeness (QED) is 0.113. The predicted molar refractivity (Wildman–Crippen MR) is 126 cm³/mol. The summed E-state index contributed by atoms with van der Waals surface area (Å²) in [6, 6.07) is 0. The third-order valence-corrected chi connectivity index (χ3v) is 5.77. The molecule has 0 aromatic rings. The first-order chi connectivity index (χ1) is 14.4. The maximum Gasteiger partial charge on any atom is 0.323 e. The molecule has 1 unspecified atom stereocenters. The van der Waals surface area contributed by atoms with Crippen molar-refractivity contribution in [1.82, 2.24) is 0 Å². The first kappa shape index (κ1) is 28.9. The molecule has 0 fully saturated rings. The Morgan fingerprint density at radius 1 is 0.633 bits per heavy atom. The molecule has 4 heteroatoms. The van der Waals surface area contributed by atoms with Crippen LogP contribution in [0.1, 0.15) is 137 Å². The molecule has 0 aliphatic heterocycles. The second-order valence-electron chi connectivity index (χ2n) is 9.25. The van der Waals surface area contributed by atoms with Gasteiger partial charge in [-0.1, -0.05) is 104 Å². The van der Waals surface area contributed by atoms with Gasteiger partial charge in [-0.15, -0.1) is 0 Å². The van der Waals surface area contributed by atoms with Gasteiger partial charge in [-0.3, -0.25) is 9.59 Å². The van der Waals surface area contributed by atoms with E-state index in [-0.39, 0.29) is 6.10 Å². The number of carbonyl (C=O) groups excluding carboxylic acids is 2. The lowest BCUT2D eigenvalue weighted by molar-refractivity contribution is -0.173. The van der Waals surface area contributed by atoms with Gasteiger partial charge in [0.25, 0.3) is 0 Å². The summed E-state index contributed by atoms with van der Waals surface area (Å²) in [6.07, 6.45) is 18.5. The first-order valence-corrected chi connectivity index (χ1v) is 12.8. The molecule has 0 rings (SSSR count). The fourth-order valence-corrected chi connectivity index (χ4v) is 3.51. The molecule has 0 heterocycles. The summed E-state index contributed by atoms with van der Waals surface area (Å²) in [5.74, 6) is -0.925. The lowest BCUT2D eigenvalue weighted by atomic mass is 9.93. The number of ether oxygens (including phenoxy) is 2. The molecule has 30 heavy (non-hydrogen) atoms. The van der Waals surface area contributed by atoms with Gasteiger partial charge < -0.3 is 9.47 Å². The zero-order chi connectivity index (χ0) is 22.7. The minimum absolute atomic E-state index is 0.0961.